The van der Waals surface area contributed by atoms with E-state index in [9.17, 15) is 14.9 Å². The van der Waals surface area contributed by atoms with Crippen LogP contribution in [0.3, 0.4) is 0 Å². The third-order valence-corrected chi connectivity index (χ3v) is 3.72. The maximum Gasteiger partial charge on any atom is 0.286 e. The van der Waals surface area contributed by atoms with Crippen LogP contribution in [0.2, 0.25) is 0 Å². The van der Waals surface area contributed by atoms with Crippen LogP contribution in [0.4, 0.5) is 5.69 Å². The molecule has 0 saturated heterocycles. The average Bonchev–Trinajstić information content (AvgIpc) is 2.60. The smallest absolute Gasteiger partial charge is 0.286 e. The van der Waals surface area contributed by atoms with Gasteiger partial charge < -0.3 is 14.8 Å². The topological polar surface area (TPSA) is 90.7 Å². The van der Waals surface area contributed by atoms with Crippen molar-refractivity contribution in [2.24, 2.45) is 0 Å². The fourth-order valence-corrected chi connectivity index (χ4v) is 2.39. The van der Waals surface area contributed by atoms with Crippen molar-refractivity contribution in [2.45, 2.75) is 20.4 Å². The van der Waals surface area contributed by atoms with E-state index in [0.717, 1.165) is 11.1 Å². The van der Waals surface area contributed by atoms with E-state index in [1.807, 2.05) is 31.2 Å². The number of hydrogen-bond acceptors (Lipinski definition) is 5. The molecule has 0 aliphatic heterocycles. The highest BCUT2D eigenvalue weighted by Crippen LogP contribution is 2.34. The van der Waals surface area contributed by atoms with Gasteiger partial charge in [-0.15, -0.1) is 0 Å². The molecular weight excluding hydrogens is 324 g/mol. The van der Waals surface area contributed by atoms with E-state index in [0.29, 0.717) is 6.61 Å². The molecule has 7 heteroatoms. The van der Waals surface area contributed by atoms with E-state index in [2.05, 4.69) is 5.32 Å². The fourth-order valence-electron chi connectivity index (χ4n) is 2.39. The zero-order valence-corrected chi connectivity index (χ0v) is 14.4. The standard InChI is InChI=1S/C18H20N2O5/c1-4-25-17-10-15(20(22)23)14(9-16(17)24-3)18(21)19-11-13-8-6-5-7-12(13)2/h5-10H,4,11H2,1-3H3,(H,19,21). The lowest BCUT2D eigenvalue weighted by molar-refractivity contribution is -0.385. The van der Waals surface area contributed by atoms with Crippen LogP contribution >= 0.6 is 0 Å². The van der Waals surface area contributed by atoms with Crippen molar-refractivity contribution in [1.29, 1.82) is 0 Å². The van der Waals surface area contributed by atoms with Gasteiger partial charge in [0.25, 0.3) is 11.6 Å². The lowest BCUT2D eigenvalue weighted by Crippen LogP contribution is -2.24. The molecular formula is C18H20N2O5. The molecule has 0 aromatic heterocycles. The Hall–Kier alpha value is -3.09. The number of methoxy groups -OCH3 is 1. The summed E-state index contributed by atoms with van der Waals surface area (Å²) in [5, 5.41) is 14.1. The Bertz CT molecular complexity index is 789. The molecule has 1 N–H and O–H groups in total. The predicted molar refractivity (Wildman–Crippen MR) is 93.2 cm³/mol. The van der Waals surface area contributed by atoms with Gasteiger partial charge in [0.05, 0.1) is 24.7 Å². The maximum absolute atomic E-state index is 12.5. The molecule has 2 rings (SSSR count). The maximum atomic E-state index is 12.5. The van der Waals surface area contributed by atoms with Gasteiger partial charge in [0.1, 0.15) is 5.56 Å². The van der Waals surface area contributed by atoms with E-state index >= 15 is 0 Å². The monoisotopic (exact) mass is 344 g/mol. The minimum absolute atomic E-state index is 0.0705. The van der Waals surface area contributed by atoms with Crippen molar-refractivity contribution in [3.63, 3.8) is 0 Å². The molecule has 0 fully saturated rings. The van der Waals surface area contributed by atoms with Crippen LogP contribution < -0.4 is 14.8 Å². The number of nitrogens with one attached hydrogen (secondary N) is 1. The van der Waals surface area contributed by atoms with Crippen molar-refractivity contribution >= 4 is 11.6 Å². The molecule has 0 unspecified atom stereocenters. The van der Waals surface area contributed by atoms with Gasteiger partial charge in [0, 0.05) is 12.6 Å². The van der Waals surface area contributed by atoms with Crippen LogP contribution in [0.25, 0.3) is 0 Å². The number of nitro groups is 1. The Morgan fingerprint density at radius 2 is 1.96 bits per heavy atom. The van der Waals surface area contributed by atoms with Crippen LogP contribution in [-0.4, -0.2) is 24.5 Å². The zero-order valence-electron chi connectivity index (χ0n) is 14.4. The number of carbonyl (C=O) groups is 1. The van der Waals surface area contributed by atoms with Crippen molar-refractivity contribution in [3.8, 4) is 11.5 Å². The first-order valence-electron chi connectivity index (χ1n) is 7.79. The number of amides is 1. The first-order chi connectivity index (χ1) is 12.0. The number of nitro benzene ring substituents is 1. The summed E-state index contributed by atoms with van der Waals surface area (Å²) in [4.78, 5) is 23.2. The van der Waals surface area contributed by atoms with Gasteiger partial charge >= 0.3 is 0 Å². The largest absolute Gasteiger partial charge is 0.493 e. The van der Waals surface area contributed by atoms with Crippen LogP contribution in [0.1, 0.15) is 28.4 Å². The molecule has 0 heterocycles. The summed E-state index contributed by atoms with van der Waals surface area (Å²) in [6.45, 7) is 4.29. The Labute approximate surface area is 145 Å². The highest BCUT2D eigenvalue weighted by Gasteiger charge is 2.24. The van der Waals surface area contributed by atoms with Gasteiger partial charge in [-0.3, -0.25) is 14.9 Å². The quantitative estimate of drug-likeness (QED) is 0.615. The SMILES string of the molecule is CCOc1cc([N+](=O)[O-])c(C(=O)NCc2ccccc2C)cc1OC. The number of carbonyl (C=O) groups excluding carboxylic acids is 1. The molecule has 7 nitrogen and oxygen atoms in total. The second-order valence-corrected chi connectivity index (χ2v) is 5.32. The molecule has 0 aliphatic carbocycles. The summed E-state index contributed by atoms with van der Waals surface area (Å²) in [5.41, 5.74) is 1.57. The summed E-state index contributed by atoms with van der Waals surface area (Å²) in [5.74, 6) is -0.0445. The molecule has 0 spiro atoms. The van der Waals surface area contributed by atoms with Gasteiger partial charge in [0.15, 0.2) is 11.5 Å². The van der Waals surface area contributed by atoms with Crippen LogP contribution in [-0.2, 0) is 6.54 Å². The third-order valence-electron chi connectivity index (χ3n) is 3.72. The summed E-state index contributed by atoms with van der Waals surface area (Å²) >= 11 is 0. The number of benzene rings is 2. The van der Waals surface area contributed by atoms with Gasteiger partial charge in [0.2, 0.25) is 0 Å². The first-order valence-corrected chi connectivity index (χ1v) is 7.79. The Kier molecular flexibility index (Phi) is 5.94. The van der Waals surface area contributed by atoms with Gasteiger partial charge in [-0.25, -0.2) is 0 Å². The van der Waals surface area contributed by atoms with Crippen molar-refractivity contribution in [3.05, 3.63) is 63.2 Å². The van der Waals surface area contributed by atoms with E-state index in [-0.39, 0.29) is 29.3 Å². The predicted octanol–water partition coefficient (Wildman–Crippen LogP) is 3.24. The molecule has 132 valence electrons. The zero-order chi connectivity index (χ0) is 18.4. The summed E-state index contributed by atoms with van der Waals surface area (Å²) < 4.78 is 10.5. The van der Waals surface area contributed by atoms with E-state index in [4.69, 9.17) is 9.47 Å². The first kappa shape index (κ1) is 18.3. The summed E-state index contributed by atoms with van der Waals surface area (Å²) in [6, 6.07) is 10.1. The number of ether oxygens (including phenoxy) is 2. The van der Waals surface area contributed by atoms with Gasteiger partial charge in [-0.05, 0) is 25.0 Å². The molecule has 25 heavy (non-hydrogen) atoms. The number of nitrogens with zero attached hydrogens (tertiary/aromatic N) is 1. The fraction of sp³-hybridized carbons (Fsp3) is 0.278. The van der Waals surface area contributed by atoms with Crippen molar-refractivity contribution in [1.82, 2.24) is 5.32 Å². The highest BCUT2D eigenvalue weighted by atomic mass is 16.6. The molecule has 2 aromatic carbocycles. The molecule has 2 aromatic rings. The Balaban J connectivity index is 2.31. The molecule has 0 bridgehead atoms. The number of hydrogen-bond donors (Lipinski definition) is 1. The minimum atomic E-state index is -0.607. The summed E-state index contributed by atoms with van der Waals surface area (Å²) in [6.07, 6.45) is 0. The minimum Gasteiger partial charge on any atom is -0.493 e. The van der Waals surface area contributed by atoms with Gasteiger partial charge in [-0.1, -0.05) is 24.3 Å². The average molecular weight is 344 g/mol. The second kappa shape index (κ2) is 8.14. The van der Waals surface area contributed by atoms with E-state index in [1.54, 1.807) is 6.92 Å². The van der Waals surface area contributed by atoms with E-state index in [1.165, 1.54) is 19.2 Å². The lowest BCUT2D eigenvalue weighted by Gasteiger charge is -2.12. The van der Waals surface area contributed by atoms with E-state index < -0.39 is 10.8 Å². The summed E-state index contributed by atoms with van der Waals surface area (Å²) in [7, 11) is 1.42. The Morgan fingerprint density at radius 3 is 2.56 bits per heavy atom. The molecule has 0 saturated carbocycles. The lowest BCUT2D eigenvalue weighted by atomic mass is 10.1. The molecule has 0 radical (unpaired) electrons. The third kappa shape index (κ3) is 4.26. The van der Waals surface area contributed by atoms with Crippen LogP contribution in [0.5, 0.6) is 11.5 Å². The van der Waals surface area contributed by atoms with Crippen LogP contribution in [0, 0.1) is 17.0 Å². The van der Waals surface area contributed by atoms with Crippen LogP contribution in [0.15, 0.2) is 36.4 Å². The van der Waals surface area contributed by atoms with Gasteiger partial charge in [-0.2, -0.15) is 0 Å². The number of aryl methyl sites for hydroxylation is 1. The second-order valence-electron chi connectivity index (χ2n) is 5.32. The Morgan fingerprint density at radius 1 is 1.24 bits per heavy atom. The van der Waals surface area contributed by atoms with Crippen molar-refractivity contribution < 1.29 is 19.2 Å². The van der Waals surface area contributed by atoms with Crippen molar-refractivity contribution in [2.75, 3.05) is 13.7 Å². The highest BCUT2D eigenvalue weighted by molar-refractivity contribution is 5.99. The molecule has 1 amide bonds. The molecule has 0 atom stereocenters. The number of rotatable bonds is 7. The normalized spacial score (nSPS) is 10.2. The molecule has 0 aliphatic rings.